The fraction of sp³-hybridized carbons (Fsp3) is 0.381. The zero-order valence-electron chi connectivity index (χ0n) is 16.3. The van der Waals surface area contributed by atoms with Gasteiger partial charge in [0.1, 0.15) is 5.56 Å². The van der Waals surface area contributed by atoms with Crippen LogP contribution in [0.2, 0.25) is 5.02 Å². The van der Waals surface area contributed by atoms with Gasteiger partial charge in [-0.05, 0) is 50.1 Å². The highest BCUT2D eigenvalue weighted by atomic mass is 35.5. The molecule has 0 radical (unpaired) electrons. The Morgan fingerprint density at radius 3 is 3.00 bits per heavy atom. The third kappa shape index (κ3) is 5.46. The molecule has 0 unspecified atom stereocenters. The number of anilines is 1. The molecule has 0 bridgehead atoms. The maximum atomic E-state index is 13.1. The number of halogens is 1. The molecular weight excluding hydrogens is 394 g/mol. The van der Waals surface area contributed by atoms with Gasteiger partial charge in [-0.1, -0.05) is 11.6 Å². The largest absolute Gasteiger partial charge is 0.436 e. The van der Waals surface area contributed by atoms with Crippen molar-refractivity contribution in [2.75, 3.05) is 31.2 Å². The smallest absolute Gasteiger partial charge is 0.263 e. The highest BCUT2D eigenvalue weighted by Crippen LogP contribution is 2.39. The zero-order chi connectivity index (χ0) is 20.6. The molecule has 2 amide bonds. The van der Waals surface area contributed by atoms with E-state index in [0.29, 0.717) is 61.2 Å². The number of pyridine rings is 1. The van der Waals surface area contributed by atoms with Crippen molar-refractivity contribution in [3.05, 3.63) is 47.1 Å². The van der Waals surface area contributed by atoms with Crippen LogP contribution in [-0.4, -0.2) is 43.1 Å². The zero-order valence-corrected chi connectivity index (χ0v) is 17.1. The summed E-state index contributed by atoms with van der Waals surface area (Å²) in [6, 6.07) is 8.47. The van der Waals surface area contributed by atoms with E-state index in [2.05, 4.69) is 10.3 Å². The molecule has 1 aliphatic heterocycles. The lowest BCUT2D eigenvalue weighted by Gasteiger charge is -2.22. The van der Waals surface area contributed by atoms with E-state index < -0.39 is 0 Å². The first-order valence-corrected chi connectivity index (χ1v) is 10.1. The van der Waals surface area contributed by atoms with Gasteiger partial charge in [0.05, 0.1) is 5.69 Å². The van der Waals surface area contributed by atoms with Crippen LogP contribution < -0.4 is 15.0 Å². The number of ether oxygens (including phenoxy) is 2. The highest BCUT2D eigenvalue weighted by molar-refractivity contribution is 6.31. The maximum Gasteiger partial charge on any atom is 0.263 e. The van der Waals surface area contributed by atoms with Crippen LogP contribution >= 0.6 is 11.6 Å². The number of hydrogen-bond acceptors (Lipinski definition) is 5. The van der Waals surface area contributed by atoms with Crippen LogP contribution in [0.15, 0.2) is 36.5 Å². The number of carbonyl (C=O) groups is 2. The Labute approximate surface area is 175 Å². The van der Waals surface area contributed by atoms with E-state index in [1.165, 1.54) is 0 Å². The molecule has 154 valence electrons. The summed E-state index contributed by atoms with van der Waals surface area (Å²) in [5, 5.41) is 3.36. The van der Waals surface area contributed by atoms with E-state index in [-0.39, 0.29) is 17.7 Å². The molecule has 0 saturated heterocycles. The Morgan fingerprint density at radius 2 is 2.17 bits per heavy atom. The van der Waals surface area contributed by atoms with E-state index >= 15 is 0 Å². The maximum absolute atomic E-state index is 13.1. The van der Waals surface area contributed by atoms with E-state index in [9.17, 15) is 9.59 Å². The van der Waals surface area contributed by atoms with Gasteiger partial charge in [-0.15, -0.1) is 0 Å². The monoisotopic (exact) mass is 417 g/mol. The minimum absolute atomic E-state index is 0.0478. The molecular formula is C21H24ClN3O4. The minimum atomic E-state index is -0.230. The van der Waals surface area contributed by atoms with Crippen molar-refractivity contribution in [2.45, 2.75) is 26.2 Å². The summed E-state index contributed by atoms with van der Waals surface area (Å²) in [5.41, 5.74) is 0.942. The van der Waals surface area contributed by atoms with Gasteiger partial charge in [0.15, 0.2) is 5.75 Å². The first kappa shape index (κ1) is 21.1. The summed E-state index contributed by atoms with van der Waals surface area (Å²) < 4.78 is 11.1. The standard InChI is InChI=1S/C21H24ClN3O4/c1-2-28-13-5-11-23-19(26)7-4-12-25-17-14-15(22)8-9-18(17)29-20-16(21(25)27)6-3-10-24-20/h3,6,8-10,14H,2,4-5,7,11-13H2,1H3,(H,23,26). The highest BCUT2D eigenvalue weighted by Gasteiger charge is 2.29. The summed E-state index contributed by atoms with van der Waals surface area (Å²) in [5.74, 6) is 0.482. The number of rotatable bonds is 9. The van der Waals surface area contributed by atoms with Crippen LogP contribution in [0.25, 0.3) is 0 Å². The molecule has 29 heavy (non-hydrogen) atoms. The molecule has 7 nitrogen and oxygen atoms in total. The lowest BCUT2D eigenvalue weighted by molar-refractivity contribution is -0.121. The molecule has 1 N–H and O–H groups in total. The normalized spacial score (nSPS) is 12.6. The number of nitrogens with zero attached hydrogens (tertiary/aromatic N) is 2. The lowest BCUT2D eigenvalue weighted by atomic mass is 10.2. The van der Waals surface area contributed by atoms with Crippen LogP contribution in [0, 0.1) is 0 Å². The van der Waals surface area contributed by atoms with Crippen molar-refractivity contribution in [1.82, 2.24) is 10.3 Å². The number of benzene rings is 1. The lowest BCUT2D eigenvalue weighted by Crippen LogP contribution is -2.32. The topological polar surface area (TPSA) is 80.8 Å². The summed E-state index contributed by atoms with van der Waals surface area (Å²) in [4.78, 5) is 30.9. The van der Waals surface area contributed by atoms with Crippen molar-refractivity contribution in [1.29, 1.82) is 0 Å². The van der Waals surface area contributed by atoms with Gasteiger partial charge >= 0.3 is 0 Å². The fourth-order valence-electron chi connectivity index (χ4n) is 3.04. The Bertz CT molecular complexity index is 875. The van der Waals surface area contributed by atoms with Crippen molar-refractivity contribution in [3.63, 3.8) is 0 Å². The quantitative estimate of drug-likeness (QED) is 0.627. The van der Waals surface area contributed by atoms with E-state index in [1.807, 2.05) is 6.92 Å². The van der Waals surface area contributed by atoms with E-state index in [0.717, 1.165) is 6.42 Å². The van der Waals surface area contributed by atoms with Crippen LogP contribution in [0.3, 0.4) is 0 Å². The van der Waals surface area contributed by atoms with Gasteiger partial charge < -0.3 is 19.7 Å². The van der Waals surface area contributed by atoms with Gasteiger partial charge in [0.2, 0.25) is 11.8 Å². The molecule has 8 heteroatoms. The number of hydrogen-bond donors (Lipinski definition) is 1. The Hall–Kier alpha value is -2.64. The Balaban J connectivity index is 1.65. The molecule has 1 aromatic carbocycles. The van der Waals surface area contributed by atoms with Crippen LogP contribution in [-0.2, 0) is 9.53 Å². The van der Waals surface area contributed by atoms with Crippen molar-refractivity contribution >= 4 is 29.1 Å². The number of nitrogens with one attached hydrogen (secondary N) is 1. The van der Waals surface area contributed by atoms with Crippen molar-refractivity contribution < 1.29 is 19.1 Å². The van der Waals surface area contributed by atoms with Gasteiger partial charge in [-0.25, -0.2) is 4.98 Å². The molecule has 0 spiro atoms. The third-order valence-electron chi connectivity index (χ3n) is 4.44. The van der Waals surface area contributed by atoms with Gasteiger partial charge in [-0.3, -0.25) is 9.59 Å². The summed E-state index contributed by atoms with van der Waals surface area (Å²) >= 11 is 6.15. The molecule has 0 fully saturated rings. The van der Waals surface area contributed by atoms with Gasteiger partial charge in [-0.2, -0.15) is 0 Å². The first-order valence-electron chi connectivity index (χ1n) is 9.69. The Kier molecular flexibility index (Phi) is 7.43. The van der Waals surface area contributed by atoms with E-state index in [4.69, 9.17) is 21.1 Å². The van der Waals surface area contributed by atoms with E-state index in [1.54, 1.807) is 41.4 Å². The number of fused-ring (bicyclic) bond motifs is 2. The van der Waals surface area contributed by atoms with Crippen LogP contribution in [0.1, 0.15) is 36.5 Å². The average molecular weight is 418 g/mol. The second kappa shape index (κ2) is 10.2. The molecule has 1 aliphatic rings. The molecule has 2 aromatic rings. The fourth-order valence-corrected chi connectivity index (χ4v) is 3.20. The number of carbonyl (C=O) groups excluding carboxylic acids is 2. The second-order valence-corrected chi connectivity index (χ2v) is 6.97. The summed E-state index contributed by atoms with van der Waals surface area (Å²) in [6.07, 6.45) is 3.17. The summed E-state index contributed by atoms with van der Waals surface area (Å²) in [6.45, 7) is 4.17. The molecule has 3 rings (SSSR count). The van der Waals surface area contributed by atoms with Gasteiger partial charge in [0, 0.05) is 43.9 Å². The van der Waals surface area contributed by atoms with Crippen molar-refractivity contribution in [2.24, 2.45) is 0 Å². The summed E-state index contributed by atoms with van der Waals surface area (Å²) in [7, 11) is 0. The predicted molar refractivity (Wildman–Crippen MR) is 111 cm³/mol. The first-order chi connectivity index (χ1) is 14.1. The van der Waals surface area contributed by atoms with Crippen LogP contribution in [0.4, 0.5) is 5.69 Å². The third-order valence-corrected chi connectivity index (χ3v) is 4.68. The number of amides is 2. The number of aromatic nitrogens is 1. The SMILES string of the molecule is CCOCCCNC(=O)CCCN1C(=O)c2cccnc2Oc2ccc(Cl)cc21. The van der Waals surface area contributed by atoms with Crippen LogP contribution in [0.5, 0.6) is 11.6 Å². The second-order valence-electron chi connectivity index (χ2n) is 6.53. The molecule has 0 aliphatic carbocycles. The van der Waals surface area contributed by atoms with Crippen molar-refractivity contribution in [3.8, 4) is 11.6 Å². The Morgan fingerprint density at radius 1 is 1.31 bits per heavy atom. The molecule has 2 heterocycles. The predicted octanol–water partition coefficient (Wildman–Crippen LogP) is 3.81. The molecule has 0 atom stereocenters. The molecule has 0 saturated carbocycles. The minimum Gasteiger partial charge on any atom is -0.436 e. The van der Waals surface area contributed by atoms with Gasteiger partial charge in [0.25, 0.3) is 5.91 Å². The average Bonchev–Trinajstić information content (AvgIpc) is 2.83. The molecule has 1 aromatic heterocycles.